The molecule has 2 heterocycles. The monoisotopic (exact) mass is 326 g/mol. The van der Waals surface area contributed by atoms with Crippen LogP contribution in [0.3, 0.4) is 0 Å². The number of carbonyl (C=O) groups excluding carboxylic acids is 1. The zero-order valence-electron chi connectivity index (χ0n) is 14.1. The van der Waals surface area contributed by atoms with Crippen molar-refractivity contribution in [3.63, 3.8) is 0 Å². The molecule has 3 rings (SSSR count). The number of anilines is 2. The Hall–Kier alpha value is -2.63. The average molecular weight is 326 g/mol. The Bertz CT molecular complexity index is 727. The van der Waals surface area contributed by atoms with Gasteiger partial charge in [0.2, 0.25) is 5.95 Å². The summed E-state index contributed by atoms with van der Waals surface area (Å²) in [5, 5.41) is 2.86. The van der Waals surface area contributed by atoms with E-state index in [2.05, 4.69) is 20.2 Å². The summed E-state index contributed by atoms with van der Waals surface area (Å²) in [6.07, 6.45) is 3.52. The highest BCUT2D eigenvalue weighted by Crippen LogP contribution is 2.24. The summed E-state index contributed by atoms with van der Waals surface area (Å²) in [5.41, 5.74) is 1.78. The lowest BCUT2D eigenvalue weighted by Crippen LogP contribution is -2.31. The largest absolute Gasteiger partial charge is 0.495 e. The second-order valence-electron chi connectivity index (χ2n) is 5.90. The first-order valence-electron chi connectivity index (χ1n) is 8.22. The number of amides is 1. The Labute approximate surface area is 141 Å². The summed E-state index contributed by atoms with van der Waals surface area (Å²) in [5.74, 6) is 0.996. The van der Waals surface area contributed by atoms with E-state index < -0.39 is 0 Å². The van der Waals surface area contributed by atoms with Crippen LogP contribution in [0.4, 0.5) is 11.6 Å². The van der Waals surface area contributed by atoms with Crippen molar-refractivity contribution >= 4 is 17.5 Å². The van der Waals surface area contributed by atoms with Crippen LogP contribution in [-0.4, -0.2) is 36.1 Å². The summed E-state index contributed by atoms with van der Waals surface area (Å²) in [4.78, 5) is 23.7. The maximum Gasteiger partial charge on any atom is 0.274 e. The molecule has 0 saturated carbocycles. The molecule has 1 fully saturated rings. The van der Waals surface area contributed by atoms with Crippen molar-refractivity contribution in [3.05, 3.63) is 41.7 Å². The predicted molar refractivity (Wildman–Crippen MR) is 93.8 cm³/mol. The van der Waals surface area contributed by atoms with Crippen molar-refractivity contribution in [2.24, 2.45) is 0 Å². The maximum absolute atomic E-state index is 12.6. The average Bonchev–Trinajstić information content (AvgIpc) is 2.62. The van der Waals surface area contributed by atoms with Crippen LogP contribution in [0.2, 0.25) is 0 Å². The van der Waals surface area contributed by atoms with Gasteiger partial charge in [-0.15, -0.1) is 0 Å². The van der Waals surface area contributed by atoms with Crippen molar-refractivity contribution in [3.8, 4) is 5.75 Å². The Balaban J connectivity index is 1.83. The van der Waals surface area contributed by atoms with Gasteiger partial charge in [-0.25, -0.2) is 9.97 Å². The van der Waals surface area contributed by atoms with E-state index in [1.54, 1.807) is 25.3 Å². The maximum atomic E-state index is 12.6. The van der Waals surface area contributed by atoms with Crippen molar-refractivity contribution in [1.29, 1.82) is 0 Å². The molecule has 1 aromatic carbocycles. The number of aryl methyl sites for hydroxylation is 1. The fourth-order valence-corrected chi connectivity index (χ4v) is 2.84. The van der Waals surface area contributed by atoms with Gasteiger partial charge in [0.1, 0.15) is 11.4 Å². The SMILES string of the molecule is COc1ccccc1NC(=O)c1cc(C)nc(N2CCCCC2)n1. The summed E-state index contributed by atoms with van der Waals surface area (Å²) < 4.78 is 5.27. The van der Waals surface area contributed by atoms with Crippen molar-refractivity contribution in [1.82, 2.24) is 9.97 Å². The highest BCUT2D eigenvalue weighted by molar-refractivity contribution is 6.03. The Morgan fingerprint density at radius 2 is 1.92 bits per heavy atom. The summed E-state index contributed by atoms with van der Waals surface area (Å²) >= 11 is 0. The van der Waals surface area contributed by atoms with Crippen LogP contribution in [0.25, 0.3) is 0 Å². The van der Waals surface area contributed by atoms with Crippen molar-refractivity contribution in [2.45, 2.75) is 26.2 Å². The Morgan fingerprint density at radius 1 is 1.17 bits per heavy atom. The molecule has 1 aliphatic rings. The van der Waals surface area contributed by atoms with Gasteiger partial charge in [-0.3, -0.25) is 4.79 Å². The molecule has 126 valence electrons. The van der Waals surface area contributed by atoms with Gasteiger partial charge in [0.15, 0.2) is 0 Å². The van der Waals surface area contributed by atoms with Gasteiger partial charge in [-0.05, 0) is 44.4 Å². The smallest absolute Gasteiger partial charge is 0.274 e. The fourth-order valence-electron chi connectivity index (χ4n) is 2.84. The van der Waals surface area contributed by atoms with Gasteiger partial charge in [0, 0.05) is 18.8 Å². The molecule has 0 spiro atoms. The molecule has 0 atom stereocenters. The van der Waals surface area contributed by atoms with Crippen LogP contribution >= 0.6 is 0 Å². The van der Waals surface area contributed by atoms with Crippen molar-refractivity contribution < 1.29 is 9.53 Å². The molecule has 0 aliphatic carbocycles. The molecule has 1 aromatic heterocycles. The van der Waals surface area contributed by atoms with Crippen LogP contribution in [0, 0.1) is 6.92 Å². The highest BCUT2D eigenvalue weighted by atomic mass is 16.5. The molecule has 1 amide bonds. The molecular weight excluding hydrogens is 304 g/mol. The summed E-state index contributed by atoms with van der Waals surface area (Å²) in [6.45, 7) is 3.77. The number of carbonyl (C=O) groups is 1. The molecule has 1 aliphatic heterocycles. The molecule has 24 heavy (non-hydrogen) atoms. The van der Waals surface area contributed by atoms with Crippen molar-refractivity contribution in [2.75, 3.05) is 30.4 Å². The third-order valence-corrected chi connectivity index (χ3v) is 4.07. The number of piperidine rings is 1. The van der Waals surface area contributed by atoms with E-state index in [0.717, 1.165) is 31.6 Å². The van der Waals surface area contributed by atoms with E-state index in [-0.39, 0.29) is 5.91 Å². The van der Waals surface area contributed by atoms with E-state index in [4.69, 9.17) is 4.74 Å². The zero-order valence-corrected chi connectivity index (χ0v) is 14.1. The number of aromatic nitrogens is 2. The third kappa shape index (κ3) is 3.64. The molecule has 0 unspecified atom stereocenters. The Kier molecular flexibility index (Phi) is 4.93. The zero-order chi connectivity index (χ0) is 16.9. The standard InChI is InChI=1S/C18H22N4O2/c1-13-12-15(21-18(19-13)22-10-6-3-7-11-22)17(23)20-14-8-4-5-9-16(14)24-2/h4-5,8-9,12H,3,6-7,10-11H2,1-2H3,(H,20,23). The first-order chi connectivity index (χ1) is 11.7. The van der Waals surface area contributed by atoms with Crippen LogP contribution in [-0.2, 0) is 0 Å². The molecule has 0 bridgehead atoms. The van der Waals surface area contributed by atoms with Gasteiger partial charge >= 0.3 is 0 Å². The number of ether oxygens (including phenoxy) is 1. The predicted octanol–water partition coefficient (Wildman–Crippen LogP) is 3.04. The van der Waals surface area contributed by atoms with Crippen LogP contribution in [0.5, 0.6) is 5.75 Å². The van der Waals surface area contributed by atoms with Gasteiger partial charge in [-0.1, -0.05) is 12.1 Å². The number of rotatable bonds is 4. The minimum absolute atomic E-state index is 0.261. The number of hydrogen-bond donors (Lipinski definition) is 1. The van der Waals surface area contributed by atoms with Gasteiger partial charge < -0.3 is 15.0 Å². The molecule has 2 aromatic rings. The number of nitrogens with zero attached hydrogens (tertiary/aromatic N) is 3. The Morgan fingerprint density at radius 3 is 2.67 bits per heavy atom. The van der Waals surface area contributed by atoms with Crippen LogP contribution in [0.1, 0.15) is 35.4 Å². The molecule has 6 nitrogen and oxygen atoms in total. The lowest BCUT2D eigenvalue weighted by Gasteiger charge is -2.27. The topological polar surface area (TPSA) is 67.3 Å². The van der Waals surface area contributed by atoms with Crippen LogP contribution < -0.4 is 15.0 Å². The first-order valence-corrected chi connectivity index (χ1v) is 8.22. The molecular formula is C18H22N4O2. The lowest BCUT2D eigenvalue weighted by molar-refractivity contribution is 0.102. The molecule has 0 radical (unpaired) electrons. The summed E-state index contributed by atoms with van der Waals surface area (Å²) in [6, 6.07) is 9.02. The number of methoxy groups -OCH3 is 1. The normalized spacial score (nSPS) is 14.3. The molecule has 1 saturated heterocycles. The van der Waals surface area contributed by atoms with Gasteiger partial charge in [-0.2, -0.15) is 0 Å². The minimum Gasteiger partial charge on any atom is -0.495 e. The van der Waals surface area contributed by atoms with E-state index in [1.807, 2.05) is 19.1 Å². The number of para-hydroxylation sites is 2. The minimum atomic E-state index is -0.261. The summed E-state index contributed by atoms with van der Waals surface area (Å²) in [7, 11) is 1.58. The van der Waals surface area contributed by atoms with E-state index >= 15 is 0 Å². The van der Waals surface area contributed by atoms with Crippen LogP contribution in [0.15, 0.2) is 30.3 Å². The van der Waals surface area contributed by atoms with E-state index in [9.17, 15) is 4.79 Å². The number of hydrogen-bond acceptors (Lipinski definition) is 5. The third-order valence-electron chi connectivity index (χ3n) is 4.07. The molecule has 6 heteroatoms. The second kappa shape index (κ2) is 7.29. The quantitative estimate of drug-likeness (QED) is 0.935. The molecule has 1 N–H and O–H groups in total. The van der Waals surface area contributed by atoms with Gasteiger partial charge in [0.05, 0.1) is 12.8 Å². The first kappa shape index (κ1) is 16.2. The number of benzene rings is 1. The van der Waals surface area contributed by atoms with Gasteiger partial charge in [0.25, 0.3) is 5.91 Å². The van der Waals surface area contributed by atoms with E-state index in [0.29, 0.717) is 23.1 Å². The van der Waals surface area contributed by atoms with E-state index in [1.165, 1.54) is 6.42 Å². The lowest BCUT2D eigenvalue weighted by atomic mass is 10.1. The second-order valence-corrected chi connectivity index (χ2v) is 5.90. The fraction of sp³-hybridized carbons (Fsp3) is 0.389. The highest BCUT2D eigenvalue weighted by Gasteiger charge is 2.18. The number of nitrogens with one attached hydrogen (secondary N) is 1.